The fourth-order valence-corrected chi connectivity index (χ4v) is 12.6. The number of ether oxygens (including phenoxy) is 1. The SMILES string of the molecule is Cc1c(N(Cc2ccc(F)c(C(F)(F)F)c2)S(=O)(=O)c2ccc(-n3cccn3)cc2)nc2ccc(Cl)cn12.Cc1c(N)nc2ccc(Cl)cn12.Cc1c(NC(=O)OC(C)(C)C)nc2ccc(Cl)cn12.Cc1c(NS(=O)(=O)c2ccc(-n3cccn3)cc2)nc2ccc(Cl)cn12.Cl. The Morgan fingerprint density at radius 2 is 1.02 bits per heavy atom. The molecule has 0 fully saturated rings. The molecule has 0 saturated carbocycles. The van der Waals surface area contributed by atoms with Crippen molar-refractivity contribution in [3.63, 3.8) is 0 Å². The number of rotatable bonds is 11. The van der Waals surface area contributed by atoms with Crippen LogP contribution in [0.1, 0.15) is 54.7 Å². The minimum absolute atomic E-state index is 0. The molecular weight excluding hydrogens is 1390 g/mol. The number of imidazole rings is 4. The van der Waals surface area contributed by atoms with Crippen LogP contribution < -0.4 is 20.1 Å². The van der Waals surface area contributed by atoms with E-state index in [1.165, 1.54) is 24.3 Å². The molecule has 0 radical (unpaired) electrons. The van der Waals surface area contributed by atoms with Crippen LogP contribution in [0.5, 0.6) is 0 Å². The van der Waals surface area contributed by atoms with Crippen molar-refractivity contribution >= 4 is 131 Å². The molecule has 0 atom stereocenters. The van der Waals surface area contributed by atoms with E-state index in [0.717, 1.165) is 33.1 Å². The second-order valence-corrected chi connectivity index (χ2v) is 27.2. The van der Waals surface area contributed by atoms with Gasteiger partial charge >= 0.3 is 12.3 Å². The number of nitrogen functional groups attached to an aromatic ring is 1. The van der Waals surface area contributed by atoms with E-state index in [2.05, 4.69) is 40.2 Å². The third-order valence-corrected chi connectivity index (χ3v) is 18.2. The molecular formula is C63H57Cl5F4N16O6S2. The highest BCUT2D eigenvalue weighted by Gasteiger charge is 2.36. The zero-order valence-corrected chi connectivity index (χ0v) is 57.0. The molecule has 0 saturated heterocycles. The number of anilines is 4. The van der Waals surface area contributed by atoms with Gasteiger partial charge in [0.2, 0.25) is 0 Å². The van der Waals surface area contributed by atoms with Crippen molar-refractivity contribution in [3.8, 4) is 11.4 Å². The summed E-state index contributed by atoms with van der Waals surface area (Å²) in [4.78, 5) is 28.9. The summed E-state index contributed by atoms with van der Waals surface area (Å²) in [7, 11) is -8.12. The highest BCUT2D eigenvalue weighted by molar-refractivity contribution is 7.93. The molecule has 13 rings (SSSR count). The van der Waals surface area contributed by atoms with Crippen LogP contribution in [0.2, 0.25) is 20.1 Å². The van der Waals surface area contributed by atoms with E-state index in [1.807, 2.05) is 49.5 Å². The van der Waals surface area contributed by atoms with Gasteiger partial charge in [-0.3, -0.25) is 10.0 Å². The zero-order chi connectivity index (χ0) is 68.5. The molecule has 0 aliphatic heterocycles. The van der Waals surface area contributed by atoms with Gasteiger partial charge in [-0.25, -0.2) is 59.6 Å². The summed E-state index contributed by atoms with van der Waals surface area (Å²) in [5, 5.41) is 13.1. The maximum absolute atomic E-state index is 13.9. The minimum Gasteiger partial charge on any atom is -0.444 e. The number of hydrogen-bond acceptors (Lipinski definition) is 13. The number of nitrogens with zero attached hydrogens (tertiary/aromatic N) is 13. The first kappa shape index (κ1) is 70.9. The molecule has 96 heavy (non-hydrogen) atoms. The Morgan fingerprint density at radius 3 is 1.49 bits per heavy atom. The van der Waals surface area contributed by atoms with E-state index >= 15 is 0 Å². The monoisotopic (exact) mass is 1450 g/mol. The molecule has 0 bridgehead atoms. The van der Waals surface area contributed by atoms with Crippen molar-refractivity contribution in [2.75, 3.05) is 20.1 Å². The number of pyridine rings is 4. The molecule has 0 aliphatic rings. The molecule has 22 nitrogen and oxygen atoms in total. The number of alkyl halides is 3. The van der Waals surface area contributed by atoms with Gasteiger partial charge < -0.3 is 28.1 Å². The largest absolute Gasteiger partial charge is 0.444 e. The molecule has 0 spiro atoms. The lowest BCUT2D eigenvalue weighted by molar-refractivity contribution is -0.140. The van der Waals surface area contributed by atoms with Gasteiger partial charge in [-0.2, -0.15) is 23.4 Å². The quantitative estimate of drug-likeness (QED) is 0.102. The number of aryl methyl sites for hydroxylation is 4. The summed E-state index contributed by atoms with van der Waals surface area (Å²) < 4.78 is 126. The average Bonchev–Trinajstić information content (AvgIpc) is 1.51. The first-order valence-electron chi connectivity index (χ1n) is 28.3. The Morgan fingerprint density at radius 1 is 0.583 bits per heavy atom. The van der Waals surface area contributed by atoms with Crippen LogP contribution in [0.3, 0.4) is 0 Å². The predicted molar refractivity (Wildman–Crippen MR) is 364 cm³/mol. The van der Waals surface area contributed by atoms with E-state index < -0.39 is 55.8 Å². The topological polar surface area (TPSA) is 253 Å². The number of nitrogens with one attached hydrogen (secondary N) is 2. The number of carbonyl (C=O) groups is 1. The third-order valence-electron chi connectivity index (χ3n) is 14.2. The number of halogens is 9. The van der Waals surface area contributed by atoms with E-state index in [1.54, 1.807) is 160 Å². The number of nitrogens with two attached hydrogens (primary N) is 1. The molecule has 0 aliphatic carbocycles. The lowest BCUT2D eigenvalue weighted by Crippen LogP contribution is -2.31. The van der Waals surface area contributed by atoms with E-state index in [9.17, 15) is 39.2 Å². The molecule has 4 N–H and O–H groups in total. The highest BCUT2D eigenvalue weighted by Crippen LogP contribution is 2.35. The number of sulfonamides is 2. The van der Waals surface area contributed by atoms with Gasteiger partial charge in [-0.15, -0.1) is 12.4 Å². The maximum atomic E-state index is 13.9. The maximum Gasteiger partial charge on any atom is 0.419 e. The second-order valence-electron chi connectivity index (χ2n) is 21.9. The van der Waals surface area contributed by atoms with E-state index in [0.29, 0.717) is 77.9 Å². The van der Waals surface area contributed by atoms with Crippen molar-refractivity contribution in [2.24, 2.45) is 0 Å². The summed E-state index contributed by atoms with van der Waals surface area (Å²) in [6.45, 7) is 12.0. The van der Waals surface area contributed by atoms with Gasteiger partial charge in [0.25, 0.3) is 20.0 Å². The van der Waals surface area contributed by atoms with Gasteiger partial charge in [-0.05, 0) is 175 Å². The standard InChI is InChI=1S/C25H18ClF4N5O2S.C17H14ClN5O2S.C13H16ClN3O2.C8H8ClN3.ClH/c1-16-24(32-23-10-4-18(26)15-33(16)23)35(14-17-3-9-22(27)21(13-17)25(28,29)30)38(36,37)20-7-5-19(6-8-20)34-12-2-11-31-34;1-12-17(20-16-8-3-13(18)11-22(12)16)21-26(24,25)15-6-4-14(5-7-15)23-10-2-9-19-23;1-8-11(16-12(18)19-13(2,3)4)15-10-6-5-9(14)7-17(8)10;1-5-8(10)11-7-3-2-6(9)4-12(5)7;/h2-13,15H,14H2,1H3;2-11,21H,1H3;5-7H,1-4H3,(H,16,18);2-4H,10H2,1H3;1H. The Hall–Kier alpha value is -9.42. The van der Waals surface area contributed by atoms with Gasteiger partial charge in [0.05, 0.1) is 76.1 Å². The van der Waals surface area contributed by atoms with Crippen molar-refractivity contribution in [1.82, 2.24) is 57.1 Å². The van der Waals surface area contributed by atoms with Crippen LogP contribution in [0, 0.1) is 33.5 Å². The van der Waals surface area contributed by atoms with Gasteiger partial charge in [0.15, 0.2) is 17.5 Å². The van der Waals surface area contributed by atoms with Crippen molar-refractivity contribution in [1.29, 1.82) is 0 Å². The Bertz CT molecular complexity index is 5200. The molecule has 10 heterocycles. The lowest BCUT2D eigenvalue weighted by atomic mass is 10.1. The summed E-state index contributed by atoms with van der Waals surface area (Å²) in [5.41, 5.74) is 10.2. The number of aromatic nitrogens is 12. The Balaban J connectivity index is 0.000000162. The molecule has 3 aromatic carbocycles. The fraction of sp³-hybridized carbons (Fsp3) is 0.159. The van der Waals surface area contributed by atoms with Crippen molar-refractivity contribution in [2.45, 2.75) is 76.6 Å². The van der Waals surface area contributed by atoms with Crippen LogP contribution in [0.15, 0.2) is 187 Å². The first-order valence-corrected chi connectivity index (χ1v) is 32.7. The van der Waals surface area contributed by atoms with Gasteiger partial charge in [-0.1, -0.05) is 52.5 Å². The minimum atomic E-state index is -4.96. The summed E-state index contributed by atoms with van der Waals surface area (Å²) >= 11 is 23.8. The number of amides is 1. The third kappa shape index (κ3) is 16.1. The molecule has 10 aromatic heterocycles. The van der Waals surface area contributed by atoms with Crippen LogP contribution >= 0.6 is 58.8 Å². The molecule has 1 amide bonds. The number of carbonyl (C=O) groups excluding carboxylic acids is 1. The summed E-state index contributed by atoms with van der Waals surface area (Å²) in [6, 6.07) is 31.9. The fourth-order valence-electron chi connectivity index (χ4n) is 9.44. The summed E-state index contributed by atoms with van der Waals surface area (Å²) in [5.74, 6) is -0.179. The predicted octanol–water partition coefficient (Wildman–Crippen LogP) is 15.3. The first-order chi connectivity index (χ1) is 44.8. The van der Waals surface area contributed by atoms with Crippen LogP contribution in [0.4, 0.5) is 45.6 Å². The second kappa shape index (κ2) is 28.5. The Kier molecular flexibility index (Phi) is 21.0. The molecule has 33 heteroatoms. The molecule has 13 aromatic rings. The van der Waals surface area contributed by atoms with E-state index in [-0.39, 0.29) is 39.4 Å². The van der Waals surface area contributed by atoms with Crippen molar-refractivity contribution < 1.29 is 43.9 Å². The van der Waals surface area contributed by atoms with Gasteiger partial charge in [0.1, 0.15) is 39.8 Å². The van der Waals surface area contributed by atoms with Crippen LogP contribution in [-0.2, 0) is 37.5 Å². The highest BCUT2D eigenvalue weighted by atomic mass is 35.5. The van der Waals surface area contributed by atoms with E-state index in [4.69, 9.17) is 56.9 Å². The van der Waals surface area contributed by atoms with Crippen LogP contribution in [0.25, 0.3) is 34.0 Å². The average molecular weight is 1450 g/mol. The molecule has 0 unspecified atom stereocenters. The van der Waals surface area contributed by atoms with Crippen LogP contribution in [-0.4, -0.2) is 85.6 Å². The summed E-state index contributed by atoms with van der Waals surface area (Å²) in [6.07, 6.45) is 8.01. The molecule has 500 valence electrons. The normalized spacial score (nSPS) is 11.7. The number of fused-ring (bicyclic) bond motifs is 4. The zero-order valence-electron chi connectivity index (χ0n) is 51.5. The number of benzene rings is 3. The van der Waals surface area contributed by atoms with Gasteiger partial charge in [0, 0.05) is 49.6 Å². The smallest absolute Gasteiger partial charge is 0.419 e. The number of hydrogen-bond donors (Lipinski definition) is 3. The van der Waals surface area contributed by atoms with Crippen molar-refractivity contribution in [3.05, 3.63) is 237 Å². The Labute approximate surface area is 573 Å². The lowest BCUT2D eigenvalue weighted by Gasteiger charge is -2.24.